The number of amides is 5. The van der Waals surface area contributed by atoms with Gasteiger partial charge in [0.2, 0.25) is 23.6 Å². The molecule has 2 aliphatic carbocycles. The lowest BCUT2D eigenvalue weighted by Gasteiger charge is -2.45. The third-order valence-corrected chi connectivity index (χ3v) is 17.8. The van der Waals surface area contributed by atoms with Crippen LogP contribution < -0.4 is 15.1 Å². The van der Waals surface area contributed by atoms with Gasteiger partial charge in [-0.05, 0) is 89.2 Å². The molecule has 5 amide bonds. The summed E-state index contributed by atoms with van der Waals surface area (Å²) in [5.41, 5.74) is 4.56. The van der Waals surface area contributed by atoms with Crippen molar-refractivity contribution in [3.63, 3.8) is 0 Å². The fraction of sp³-hybridized carbons (Fsp3) is 0.339. The van der Waals surface area contributed by atoms with E-state index in [4.69, 9.17) is 27.9 Å². The summed E-state index contributed by atoms with van der Waals surface area (Å²) < 4.78 is 5.61. The van der Waals surface area contributed by atoms with Crippen LogP contribution in [-0.2, 0) is 64.0 Å². The van der Waals surface area contributed by atoms with Crippen LogP contribution in [0.3, 0.4) is 0 Å². The number of hydrogen-bond donors (Lipinski definition) is 1. The van der Waals surface area contributed by atoms with Gasteiger partial charge in [-0.2, -0.15) is 0 Å². The summed E-state index contributed by atoms with van der Waals surface area (Å²) in [6, 6.07) is 33.9. The lowest BCUT2D eigenvalue weighted by Crippen LogP contribution is -2.62. The maximum Gasteiger partial charge on any atom is 0.410 e. The Morgan fingerprint density at radius 1 is 0.597 bits per heavy atom. The molecule has 6 heterocycles. The highest BCUT2D eigenvalue weighted by atomic mass is 35.5. The molecule has 366 valence electrons. The Labute approximate surface area is 425 Å². The number of carbonyl (C=O) groups is 7. The van der Waals surface area contributed by atoms with E-state index in [-0.39, 0.29) is 67.2 Å². The minimum Gasteiger partial charge on any atom is -0.445 e. The van der Waals surface area contributed by atoms with E-state index in [1.165, 1.54) is 9.80 Å². The maximum absolute atomic E-state index is 14.3. The second kappa shape index (κ2) is 17.3. The van der Waals surface area contributed by atoms with E-state index < -0.39 is 46.9 Å². The molecule has 0 saturated carbocycles. The van der Waals surface area contributed by atoms with E-state index in [0.717, 1.165) is 45.5 Å². The number of ether oxygens (including phenoxy) is 1. The van der Waals surface area contributed by atoms with Gasteiger partial charge in [-0.1, -0.05) is 102 Å². The number of imide groups is 2. The summed E-state index contributed by atoms with van der Waals surface area (Å²) in [6.07, 6.45) is -0.0958. The van der Waals surface area contributed by atoms with Crippen LogP contribution in [0, 0.1) is 37.5 Å². The fourth-order valence-electron chi connectivity index (χ4n) is 13.9. The zero-order valence-corrected chi connectivity index (χ0v) is 41.1. The molecule has 6 aliphatic heterocycles. The van der Waals surface area contributed by atoms with Crippen LogP contribution in [0.25, 0.3) is 0 Å². The van der Waals surface area contributed by atoms with Crippen molar-refractivity contribution in [2.75, 3.05) is 49.1 Å². The normalized spacial score (nSPS) is 29.1. The Kier molecular flexibility index (Phi) is 11.2. The molecule has 8 aliphatic rings. The lowest BCUT2D eigenvalue weighted by atomic mass is 9.75. The Balaban J connectivity index is 0.000000153. The van der Waals surface area contributed by atoms with E-state index in [1.54, 1.807) is 47.4 Å². The Bertz CT molecular complexity index is 3160. The Morgan fingerprint density at radius 3 is 1.58 bits per heavy atom. The molecule has 0 bridgehead atoms. The molecule has 8 atom stereocenters. The first-order valence-electron chi connectivity index (χ1n) is 24.5. The number of halogens is 2. The van der Waals surface area contributed by atoms with Crippen LogP contribution in [-0.4, -0.2) is 107 Å². The quantitative estimate of drug-likeness (QED) is 0.206. The molecule has 13 rings (SSSR count). The lowest BCUT2D eigenvalue weighted by molar-refractivity contribution is -0.138. The molecule has 0 aromatic heterocycles. The predicted molar refractivity (Wildman–Crippen MR) is 267 cm³/mol. The first-order chi connectivity index (χ1) is 34.8. The van der Waals surface area contributed by atoms with Gasteiger partial charge < -0.3 is 15.0 Å². The van der Waals surface area contributed by atoms with Gasteiger partial charge in [-0.3, -0.25) is 38.6 Å². The molecule has 1 N–H and O–H groups in total. The summed E-state index contributed by atoms with van der Waals surface area (Å²) in [6.45, 7) is 6.68. The molecular weight excluding hydrogens is 956 g/mol. The largest absolute Gasteiger partial charge is 0.445 e. The number of rotatable bonds is 4. The van der Waals surface area contributed by atoms with Crippen LogP contribution in [0.2, 0.25) is 10.0 Å². The standard InChI is InChI=1S/C32H28ClN3O5.C24H22ClN3O3/c1-19-22-16-26(37)32(23(22)12-13-24(19)33)28-27(29(38)36(30(28)39)21-10-6-3-7-11-21)25-17-34(14-15-35(25)32)31(40)41-18-20-8-4-2-5-9-20;1-13-15-11-19(29)24(16(15)7-8-17(13)25)21-20(18-12-26-9-10-27(18)24)22(30)28(23(21)31)14-5-3-2-4-6-14/h2-13,25,27-28H,14-18H2,1H3;2-8,18,20-21,26H,9-12H2,1H3/t25-,27+,28-,32-;18-,20+,21-,24-/m11/s1. The summed E-state index contributed by atoms with van der Waals surface area (Å²) in [5, 5.41) is 4.55. The molecule has 5 aromatic carbocycles. The summed E-state index contributed by atoms with van der Waals surface area (Å²) >= 11 is 12.8. The van der Waals surface area contributed by atoms with Gasteiger partial charge in [0, 0.05) is 74.2 Å². The molecule has 6 saturated heterocycles. The highest BCUT2D eigenvalue weighted by Crippen LogP contribution is 2.61. The van der Waals surface area contributed by atoms with Crippen molar-refractivity contribution in [1.29, 1.82) is 0 Å². The van der Waals surface area contributed by atoms with Crippen molar-refractivity contribution in [2.24, 2.45) is 23.7 Å². The summed E-state index contributed by atoms with van der Waals surface area (Å²) in [4.78, 5) is 105. The molecule has 2 spiro atoms. The van der Waals surface area contributed by atoms with Crippen molar-refractivity contribution in [1.82, 2.24) is 20.0 Å². The molecule has 14 nitrogen and oxygen atoms in total. The molecule has 0 radical (unpaired) electrons. The minimum absolute atomic E-state index is 0.00308. The van der Waals surface area contributed by atoms with Gasteiger partial charge in [0.1, 0.15) is 17.7 Å². The number of piperazine rings is 2. The van der Waals surface area contributed by atoms with E-state index >= 15 is 0 Å². The zero-order chi connectivity index (χ0) is 50.0. The number of fused-ring (bicyclic) bond motifs is 14. The van der Waals surface area contributed by atoms with Crippen molar-refractivity contribution in [3.8, 4) is 0 Å². The highest BCUT2D eigenvalue weighted by molar-refractivity contribution is 6.32. The number of hydrogen-bond acceptors (Lipinski definition) is 11. The third kappa shape index (κ3) is 6.41. The van der Waals surface area contributed by atoms with Crippen molar-refractivity contribution in [3.05, 3.63) is 164 Å². The van der Waals surface area contributed by atoms with E-state index in [2.05, 4.69) is 10.2 Å². The van der Waals surface area contributed by atoms with Gasteiger partial charge in [0.25, 0.3) is 0 Å². The number of Topliss-reactive ketones (excluding diaryl/α,β-unsaturated/α-hetero) is 2. The van der Waals surface area contributed by atoms with Crippen LogP contribution in [0.5, 0.6) is 0 Å². The van der Waals surface area contributed by atoms with Gasteiger partial charge in [-0.15, -0.1) is 0 Å². The van der Waals surface area contributed by atoms with Crippen molar-refractivity contribution < 1.29 is 38.3 Å². The van der Waals surface area contributed by atoms with Crippen LogP contribution >= 0.6 is 23.2 Å². The predicted octanol–water partition coefficient (Wildman–Crippen LogP) is 6.17. The second-order valence-corrected chi connectivity index (χ2v) is 20.9. The molecule has 72 heavy (non-hydrogen) atoms. The number of nitrogens with one attached hydrogen (secondary N) is 1. The van der Waals surface area contributed by atoms with Gasteiger partial charge >= 0.3 is 6.09 Å². The van der Waals surface area contributed by atoms with Gasteiger partial charge in [0.15, 0.2) is 11.6 Å². The second-order valence-electron chi connectivity index (χ2n) is 20.0. The average molecular weight is 1010 g/mol. The number of nitrogens with zero attached hydrogens (tertiary/aromatic N) is 5. The third-order valence-electron chi connectivity index (χ3n) is 16.9. The molecule has 16 heteroatoms. The van der Waals surface area contributed by atoms with E-state index in [9.17, 15) is 33.6 Å². The monoisotopic (exact) mass is 1000 g/mol. The highest BCUT2D eigenvalue weighted by Gasteiger charge is 2.75. The molecule has 5 aromatic rings. The number of ketones is 2. The first-order valence-corrected chi connectivity index (χ1v) is 25.3. The number of benzene rings is 5. The number of anilines is 2. The summed E-state index contributed by atoms with van der Waals surface area (Å²) in [7, 11) is 0. The van der Waals surface area contributed by atoms with Crippen molar-refractivity contribution in [2.45, 2.75) is 56.5 Å². The molecule has 0 unspecified atom stereocenters. The smallest absolute Gasteiger partial charge is 0.410 e. The van der Waals surface area contributed by atoms with Crippen LogP contribution in [0.4, 0.5) is 16.2 Å². The van der Waals surface area contributed by atoms with Crippen molar-refractivity contribution >= 4 is 75.9 Å². The van der Waals surface area contributed by atoms with Crippen LogP contribution in [0.15, 0.2) is 115 Å². The summed E-state index contributed by atoms with van der Waals surface area (Å²) in [5.74, 6) is -4.28. The maximum atomic E-state index is 14.3. The fourth-order valence-corrected chi connectivity index (χ4v) is 14.3. The van der Waals surface area contributed by atoms with E-state index in [1.807, 2.05) is 91.5 Å². The topological polar surface area (TPSA) is 157 Å². The molecular formula is C56H50Cl2N6O8. The Hall–Kier alpha value is -6.55. The number of para-hydroxylation sites is 2. The van der Waals surface area contributed by atoms with Gasteiger partial charge in [0.05, 0.1) is 35.0 Å². The minimum atomic E-state index is -1.30. The zero-order valence-electron chi connectivity index (χ0n) is 39.6. The van der Waals surface area contributed by atoms with Crippen LogP contribution in [0.1, 0.15) is 38.9 Å². The average Bonchev–Trinajstić information content (AvgIpc) is 4.19. The van der Waals surface area contributed by atoms with Gasteiger partial charge in [-0.25, -0.2) is 14.6 Å². The van der Waals surface area contributed by atoms with E-state index in [0.29, 0.717) is 47.6 Å². The Morgan fingerprint density at radius 2 is 1.07 bits per heavy atom. The first kappa shape index (κ1) is 46.5. The number of carbonyl (C=O) groups excluding carboxylic acids is 7. The SMILES string of the molecule is Cc1c(Cl)ccc2c1CC(=O)[C@@]21[C@H]2C(=O)N(c3ccccc3)C(=O)[C@H]2[C@H]2CN(C(=O)OCc3ccccc3)CCN21.Cc1c(Cl)ccc2c1CC(=O)[C@@]21[C@H]2C(=O)N(c3ccccc3)C(=O)[C@H]2[C@H]2CNCCN21. The molecule has 6 fully saturated rings.